The summed E-state index contributed by atoms with van der Waals surface area (Å²) in [6, 6.07) is 2.14. The van der Waals surface area contributed by atoms with Crippen LogP contribution in [0.3, 0.4) is 0 Å². The highest BCUT2D eigenvalue weighted by atomic mass is 32.2. The zero-order valence-corrected chi connectivity index (χ0v) is 16.6. The normalized spacial score (nSPS) is 25.5. The van der Waals surface area contributed by atoms with Gasteiger partial charge in [0.2, 0.25) is 0 Å². The fraction of sp³-hybridized carbons (Fsp3) is 0.579. The van der Waals surface area contributed by atoms with Gasteiger partial charge in [0.05, 0.1) is 11.2 Å². The molecule has 8 heteroatoms. The Bertz CT molecular complexity index is 794. The first-order valence-corrected chi connectivity index (χ1v) is 10.1. The topological polar surface area (TPSA) is 78.9 Å². The molecule has 0 spiro atoms. The van der Waals surface area contributed by atoms with Gasteiger partial charge >= 0.3 is 6.09 Å². The number of fused-ring (bicyclic) bond motifs is 1. The van der Waals surface area contributed by atoms with Crippen LogP contribution >= 0.6 is 11.8 Å². The second-order valence-corrected chi connectivity index (χ2v) is 9.20. The van der Waals surface area contributed by atoms with Gasteiger partial charge in [-0.3, -0.25) is 9.89 Å². The number of halogens is 2. The van der Waals surface area contributed by atoms with Gasteiger partial charge in [0.15, 0.2) is 5.17 Å². The van der Waals surface area contributed by atoms with Crippen LogP contribution < -0.4 is 5.73 Å². The van der Waals surface area contributed by atoms with E-state index >= 15 is 0 Å². The van der Waals surface area contributed by atoms with E-state index in [4.69, 9.17) is 10.7 Å². The van der Waals surface area contributed by atoms with Crippen LogP contribution in [0.5, 0.6) is 0 Å². The molecule has 1 fully saturated rings. The molecule has 2 atom stereocenters. The zero-order valence-electron chi connectivity index (χ0n) is 15.8. The number of nitrogens with two attached hydrogens (primary N) is 1. The summed E-state index contributed by atoms with van der Waals surface area (Å²) in [5.74, 6) is -0.789. The Kier molecular flexibility index (Phi) is 5.14. The third-order valence-electron chi connectivity index (χ3n) is 5.35. The molecule has 27 heavy (non-hydrogen) atoms. The number of nitrogen functional groups attached to an aromatic ring is 1. The lowest BCUT2D eigenvalue weighted by Gasteiger charge is -2.47. The number of thioether (sulfide) groups is 1. The van der Waals surface area contributed by atoms with E-state index in [9.17, 15) is 18.7 Å². The van der Waals surface area contributed by atoms with Crippen LogP contribution in [0.15, 0.2) is 17.1 Å². The van der Waals surface area contributed by atoms with Crippen molar-refractivity contribution in [2.24, 2.45) is 10.9 Å². The number of carbonyl (C=O) groups is 1. The Hall–Kier alpha value is -1.83. The van der Waals surface area contributed by atoms with E-state index in [2.05, 4.69) is 0 Å². The number of hydrogen-bond acceptors (Lipinski definition) is 4. The largest absolute Gasteiger partial charge is 0.465 e. The van der Waals surface area contributed by atoms with E-state index in [1.807, 2.05) is 0 Å². The predicted molar refractivity (Wildman–Crippen MR) is 104 cm³/mol. The first kappa shape index (κ1) is 19.9. The summed E-state index contributed by atoms with van der Waals surface area (Å²) in [4.78, 5) is 18.0. The molecule has 1 aromatic rings. The molecule has 1 heterocycles. The predicted octanol–water partition coefficient (Wildman–Crippen LogP) is 4.81. The van der Waals surface area contributed by atoms with Crippen LogP contribution in [0.4, 0.5) is 19.3 Å². The minimum atomic E-state index is -1.10. The summed E-state index contributed by atoms with van der Waals surface area (Å²) in [6.45, 7) is 5.38. The van der Waals surface area contributed by atoms with Gasteiger partial charge in [0, 0.05) is 22.9 Å². The Labute approximate surface area is 162 Å². The molecular weight excluding hydrogens is 372 g/mol. The SMILES string of the molecule is CC(C)(C)N(C(=O)O)C1=N[C@@]2(c3cc(N)c(F)cc3F)CCCC[C@H]2CS1. The Balaban J connectivity index is 2.19. The molecule has 1 aliphatic heterocycles. The second kappa shape index (κ2) is 6.96. The number of benzene rings is 1. The summed E-state index contributed by atoms with van der Waals surface area (Å²) < 4.78 is 28.5. The number of carboxylic acid groups (broad SMARTS) is 1. The molecule has 148 valence electrons. The molecule has 5 nitrogen and oxygen atoms in total. The molecule has 0 radical (unpaired) electrons. The maximum Gasteiger partial charge on any atom is 0.413 e. The lowest BCUT2D eigenvalue weighted by molar-refractivity contribution is 0.139. The highest BCUT2D eigenvalue weighted by Gasteiger charge is 2.48. The van der Waals surface area contributed by atoms with Gasteiger partial charge < -0.3 is 10.8 Å². The van der Waals surface area contributed by atoms with Crippen molar-refractivity contribution >= 4 is 28.7 Å². The van der Waals surface area contributed by atoms with E-state index < -0.39 is 28.8 Å². The molecule has 1 aliphatic carbocycles. The van der Waals surface area contributed by atoms with Gasteiger partial charge in [0.25, 0.3) is 0 Å². The minimum absolute atomic E-state index is 0.0509. The van der Waals surface area contributed by atoms with Crippen LogP contribution in [-0.2, 0) is 5.54 Å². The van der Waals surface area contributed by atoms with Crippen LogP contribution in [0.25, 0.3) is 0 Å². The van der Waals surface area contributed by atoms with Crippen molar-refractivity contribution in [2.75, 3.05) is 11.5 Å². The molecule has 3 rings (SSSR count). The van der Waals surface area contributed by atoms with E-state index in [0.29, 0.717) is 17.3 Å². The van der Waals surface area contributed by atoms with Crippen molar-refractivity contribution in [1.82, 2.24) is 4.90 Å². The summed E-state index contributed by atoms with van der Waals surface area (Å²) in [6.07, 6.45) is 2.21. The number of aliphatic imine (C=N–C) groups is 1. The molecule has 0 aromatic heterocycles. The number of anilines is 1. The third-order valence-corrected chi connectivity index (χ3v) is 6.45. The Morgan fingerprint density at radius 1 is 1.33 bits per heavy atom. The molecule has 3 N–H and O–H groups in total. The van der Waals surface area contributed by atoms with Crippen molar-refractivity contribution < 1.29 is 18.7 Å². The van der Waals surface area contributed by atoms with E-state index in [1.165, 1.54) is 22.7 Å². The van der Waals surface area contributed by atoms with E-state index in [-0.39, 0.29) is 17.2 Å². The summed E-state index contributed by atoms with van der Waals surface area (Å²) in [5.41, 5.74) is 4.27. The Morgan fingerprint density at radius 2 is 2.04 bits per heavy atom. The number of hydrogen-bond donors (Lipinski definition) is 2. The van der Waals surface area contributed by atoms with Crippen molar-refractivity contribution in [3.05, 3.63) is 29.3 Å². The molecule has 2 aliphatic rings. The van der Waals surface area contributed by atoms with E-state index in [0.717, 1.165) is 25.3 Å². The molecular formula is C19H25F2N3O2S. The first-order chi connectivity index (χ1) is 12.6. The van der Waals surface area contributed by atoms with Crippen LogP contribution in [0.1, 0.15) is 52.0 Å². The average molecular weight is 397 g/mol. The van der Waals surface area contributed by atoms with Crippen molar-refractivity contribution in [3.8, 4) is 0 Å². The smallest absolute Gasteiger partial charge is 0.413 e. The number of nitrogens with zero attached hydrogens (tertiary/aromatic N) is 2. The van der Waals surface area contributed by atoms with Gasteiger partial charge in [-0.2, -0.15) is 0 Å². The maximum atomic E-state index is 14.8. The van der Waals surface area contributed by atoms with Crippen LogP contribution in [-0.4, -0.2) is 32.6 Å². The van der Waals surface area contributed by atoms with Gasteiger partial charge in [-0.05, 0) is 45.6 Å². The van der Waals surface area contributed by atoms with E-state index in [1.54, 1.807) is 20.8 Å². The highest BCUT2D eigenvalue weighted by Crippen LogP contribution is 2.51. The standard InChI is InChI=1S/C19H25F2N3O2S/c1-18(2,3)24(17(25)26)16-23-19(7-5-4-6-11(19)10-27-16)12-8-15(22)14(21)9-13(12)20/h8-9,11H,4-7,10,22H2,1-3H3,(H,25,26)/t11-,19-/m0/s1. The first-order valence-electron chi connectivity index (χ1n) is 9.07. The number of amidine groups is 1. The third kappa shape index (κ3) is 3.51. The fourth-order valence-corrected chi connectivity index (χ4v) is 5.56. The van der Waals surface area contributed by atoms with Gasteiger partial charge in [-0.1, -0.05) is 24.6 Å². The molecule has 1 aromatic carbocycles. The van der Waals surface area contributed by atoms with Crippen molar-refractivity contribution in [2.45, 2.75) is 57.5 Å². The summed E-state index contributed by atoms with van der Waals surface area (Å²) >= 11 is 1.39. The van der Waals surface area contributed by atoms with Crippen molar-refractivity contribution in [1.29, 1.82) is 0 Å². The lowest BCUT2D eigenvalue weighted by Crippen LogP contribution is -2.52. The number of rotatable bonds is 1. The van der Waals surface area contributed by atoms with Gasteiger partial charge in [-0.25, -0.2) is 13.6 Å². The number of amides is 1. The minimum Gasteiger partial charge on any atom is -0.465 e. The quantitative estimate of drug-likeness (QED) is 0.666. The highest BCUT2D eigenvalue weighted by molar-refractivity contribution is 8.13. The lowest BCUT2D eigenvalue weighted by atomic mass is 9.69. The molecule has 1 amide bonds. The van der Waals surface area contributed by atoms with Crippen LogP contribution in [0.2, 0.25) is 0 Å². The van der Waals surface area contributed by atoms with Gasteiger partial charge in [-0.15, -0.1) is 0 Å². The molecule has 0 saturated heterocycles. The molecule has 0 bridgehead atoms. The second-order valence-electron chi connectivity index (χ2n) is 8.21. The maximum absolute atomic E-state index is 14.8. The molecule has 1 saturated carbocycles. The summed E-state index contributed by atoms with van der Waals surface area (Å²) in [7, 11) is 0. The zero-order chi connectivity index (χ0) is 20.0. The monoisotopic (exact) mass is 397 g/mol. The summed E-state index contributed by atoms with van der Waals surface area (Å²) in [5, 5.41) is 10.1. The Morgan fingerprint density at radius 3 is 2.67 bits per heavy atom. The fourth-order valence-electron chi connectivity index (χ4n) is 4.06. The van der Waals surface area contributed by atoms with Crippen LogP contribution in [0, 0.1) is 17.6 Å². The van der Waals surface area contributed by atoms with Gasteiger partial charge in [0.1, 0.15) is 11.6 Å². The van der Waals surface area contributed by atoms with Crippen molar-refractivity contribution in [3.63, 3.8) is 0 Å². The average Bonchev–Trinajstić information content (AvgIpc) is 2.56. The molecule has 0 unspecified atom stereocenters.